The van der Waals surface area contributed by atoms with Crippen LogP contribution >= 0.6 is 0 Å². The first-order valence-corrected chi connectivity index (χ1v) is 22.0. The average molecular weight is 1020 g/mol. The number of rotatable bonds is 7. The van der Waals surface area contributed by atoms with Gasteiger partial charge in [0, 0.05) is 66.5 Å². The van der Waals surface area contributed by atoms with Crippen LogP contribution in [0.15, 0.2) is 127 Å². The fraction of sp³-hybridized carbons (Fsp3) is 0.333. The van der Waals surface area contributed by atoms with Crippen LogP contribution in [0.4, 0.5) is 11.4 Å². The Morgan fingerprint density at radius 1 is 0.540 bits per heavy atom. The Labute approximate surface area is 391 Å². The minimum absolute atomic E-state index is 0. The van der Waals surface area contributed by atoms with Crippen LogP contribution in [0.1, 0.15) is 125 Å². The molecule has 2 aromatic heterocycles. The summed E-state index contributed by atoms with van der Waals surface area (Å²) >= 11 is 0. The van der Waals surface area contributed by atoms with Gasteiger partial charge in [-0.3, -0.25) is 0 Å². The van der Waals surface area contributed by atoms with Crippen molar-refractivity contribution in [1.29, 1.82) is 0 Å². The van der Waals surface area contributed by atoms with E-state index in [0.717, 1.165) is 39.2 Å². The molecule has 0 spiro atoms. The summed E-state index contributed by atoms with van der Waals surface area (Å²) in [4.78, 5) is 9.46. The number of allylic oxidation sites excluding steroid dienone is 1. The topological polar surface area (TPSA) is 33.5 Å². The van der Waals surface area contributed by atoms with E-state index in [-0.39, 0.29) is 48.1 Å². The molecule has 6 heteroatoms. The Hall–Kier alpha value is -5.12. The van der Waals surface area contributed by atoms with Crippen molar-refractivity contribution in [2.24, 2.45) is 5.41 Å². The number of pyridine rings is 1. The fourth-order valence-corrected chi connectivity index (χ4v) is 8.34. The van der Waals surface area contributed by atoms with E-state index >= 15 is 0 Å². The van der Waals surface area contributed by atoms with Gasteiger partial charge in [-0.15, -0.1) is 53.6 Å². The van der Waals surface area contributed by atoms with Gasteiger partial charge in [0.2, 0.25) is 0 Å². The second kappa shape index (κ2) is 16.5. The quantitative estimate of drug-likeness (QED) is 0.149. The molecule has 0 radical (unpaired) electrons. The van der Waals surface area contributed by atoms with Crippen molar-refractivity contribution in [3.63, 3.8) is 0 Å². The molecule has 5 aromatic carbocycles. The molecule has 330 valence electrons. The summed E-state index contributed by atoms with van der Waals surface area (Å²) in [5.74, 6) is 2.12. The molecule has 63 heavy (non-hydrogen) atoms. The minimum atomic E-state index is -0.167. The van der Waals surface area contributed by atoms with Gasteiger partial charge in [0.1, 0.15) is 5.82 Å². The van der Waals surface area contributed by atoms with Crippen molar-refractivity contribution in [3.8, 4) is 17.3 Å². The average Bonchev–Trinajstić information content (AvgIpc) is 3.81. The summed E-state index contributed by atoms with van der Waals surface area (Å²) < 4.78 is 9.09. The number of aromatic nitrogens is 2. The normalized spacial score (nSPS) is 14.0. The van der Waals surface area contributed by atoms with E-state index in [2.05, 4.69) is 239 Å². The van der Waals surface area contributed by atoms with Crippen molar-refractivity contribution < 1.29 is 25.8 Å². The summed E-state index contributed by atoms with van der Waals surface area (Å²) in [7, 11) is 0. The number of anilines is 2. The smallest absolute Gasteiger partial charge is 0.135 e. The maximum absolute atomic E-state index is 6.85. The van der Waals surface area contributed by atoms with Gasteiger partial charge in [-0.2, -0.15) is 6.07 Å². The van der Waals surface area contributed by atoms with Crippen molar-refractivity contribution in [3.05, 3.63) is 174 Å². The molecule has 0 saturated heterocycles. The first-order valence-electron chi connectivity index (χ1n) is 22.0. The van der Waals surface area contributed by atoms with E-state index in [0.29, 0.717) is 11.5 Å². The Morgan fingerprint density at radius 2 is 1.21 bits per heavy atom. The first-order chi connectivity index (χ1) is 29.0. The molecule has 0 amide bonds. The zero-order valence-electron chi connectivity index (χ0n) is 39.6. The van der Waals surface area contributed by atoms with Crippen LogP contribution in [-0.4, -0.2) is 9.55 Å². The van der Waals surface area contributed by atoms with E-state index in [4.69, 9.17) is 9.72 Å². The predicted molar refractivity (Wildman–Crippen MR) is 261 cm³/mol. The predicted octanol–water partition coefficient (Wildman–Crippen LogP) is 15.1. The van der Waals surface area contributed by atoms with Crippen LogP contribution in [0.3, 0.4) is 0 Å². The van der Waals surface area contributed by atoms with E-state index in [1.165, 1.54) is 33.3 Å². The minimum Gasteiger partial charge on any atom is -0.509 e. The van der Waals surface area contributed by atoms with E-state index in [9.17, 15) is 0 Å². The SMILES string of the molecule is CC(C)(C)C1=CN(c2[c-]c(Oc3[c-]c4c(cc3)c3cc(C(C)(C)C)ccc3n4-c3cc(C(C)(C)C)ccn3)cc(C(C)(C)C)c2)[CH-]N1c1cccc(C(C)(C)c2ccccc2)c1.[Pt]. The van der Waals surface area contributed by atoms with Crippen molar-refractivity contribution in [2.45, 2.75) is 119 Å². The number of hydrogen-bond acceptors (Lipinski definition) is 4. The summed E-state index contributed by atoms with van der Waals surface area (Å²) in [6, 6.07) is 46.8. The largest absolute Gasteiger partial charge is 0.509 e. The molecule has 0 bridgehead atoms. The molecule has 0 saturated carbocycles. The summed E-state index contributed by atoms with van der Waals surface area (Å²) in [5, 5.41) is 2.28. The van der Waals surface area contributed by atoms with Gasteiger partial charge >= 0.3 is 0 Å². The van der Waals surface area contributed by atoms with Gasteiger partial charge in [-0.1, -0.05) is 157 Å². The standard InChI is InChI=1S/C57H63N4O.Pt/c1-53(2,3)39-23-26-49-48(32-39)47-25-24-45(35-50(47)61(49)52-33-40(27-28-58-52)54(4,5)6)62-46-31-42(55(7,8)9)30-44(34-46)59-36-51(56(10,11)12)60(37-59)43-22-18-21-41(29-43)57(13,14)38-19-16-15-17-20-38;/h15-33,36-37H,1-14H3;/q-3;. The third-order valence-electron chi connectivity index (χ3n) is 12.4. The fourth-order valence-electron chi connectivity index (χ4n) is 8.34. The first kappa shape index (κ1) is 45.9. The molecule has 0 atom stereocenters. The molecule has 8 rings (SSSR count). The number of hydrogen-bond donors (Lipinski definition) is 0. The van der Waals surface area contributed by atoms with Gasteiger partial charge in [-0.05, 0) is 80.4 Å². The molecule has 1 aliphatic heterocycles. The van der Waals surface area contributed by atoms with Gasteiger partial charge in [0.25, 0.3) is 0 Å². The van der Waals surface area contributed by atoms with Gasteiger partial charge < -0.3 is 19.1 Å². The zero-order valence-corrected chi connectivity index (χ0v) is 41.9. The van der Waals surface area contributed by atoms with Crippen LogP contribution in [0.5, 0.6) is 11.5 Å². The Bertz CT molecular complexity index is 2820. The summed E-state index contributed by atoms with van der Waals surface area (Å²) in [6.45, 7) is 33.9. The van der Waals surface area contributed by atoms with Gasteiger partial charge in [0.15, 0.2) is 0 Å². The van der Waals surface area contributed by atoms with Crippen molar-refractivity contribution in [2.75, 3.05) is 9.80 Å². The van der Waals surface area contributed by atoms with Crippen LogP contribution in [0.2, 0.25) is 0 Å². The molecule has 3 heterocycles. The molecule has 7 aromatic rings. The van der Waals surface area contributed by atoms with Crippen LogP contribution in [-0.2, 0) is 42.7 Å². The summed E-state index contributed by atoms with van der Waals surface area (Å²) in [5.41, 5.74) is 11.0. The zero-order chi connectivity index (χ0) is 44.6. The van der Waals surface area contributed by atoms with Crippen LogP contribution in [0, 0.1) is 24.2 Å². The maximum Gasteiger partial charge on any atom is 0.135 e. The number of ether oxygens (including phenoxy) is 1. The molecule has 0 unspecified atom stereocenters. The van der Waals surface area contributed by atoms with E-state index in [1.54, 1.807) is 0 Å². The monoisotopic (exact) mass is 1010 g/mol. The van der Waals surface area contributed by atoms with Crippen LogP contribution in [0.25, 0.3) is 27.6 Å². The number of fused-ring (bicyclic) bond motifs is 3. The molecule has 0 fully saturated rings. The second-order valence-corrected chi connectivity index (χ2v) is 21.7. The third-order valence-corrected chi connectivity index (χ3v) is 12.4. The maximum atomic E-state index is 6.85. The molecule has 1 aliphatic rings. The van der Waals surface area contributed by atoms with Crippen molar-refractivity contribution in [1.82, 2.24) is 9.55 Å². The van der Waals surface area contributed by atoms with Gasteiger partial charge in [0.05, 0.1) is 0 Å². The number of nitrogens with zero attached hydrogens (tertiary/aromatic N) is 4. The molecule has 0 N–H and O–H groups in total. The van der Waals surface area contributed by atoms with Gasteiger partial charge in [-0.25, -0.2) is 4.98 Å². The Morgan fingerprint density at radius 3 is 1.87 bits per heavy atom. The van der Waals surface area contributed by atoms with E-state index < -0.39 is 0 Å². The molecule has 0 aliphatic carbocycles. The molecular formula is C57H63N4OPt-3. The number of benzene rings is 5. The third kappa shape index (κ3) is 9.14. The Kier molecular flexibility index (Phi) is 12.0. The van der Waals surface area contributed by atoms with E-state index in [1.807, 2.05) is 12.3 Å². The Balaban J connectivity index is 0.00000595. The summed E-state index contributed by atoms with van der Waals surface area (Å²) in [6.07, 6.45) is 4.17. The molecule has 5 nitrogen and oxygen atoms in total. The van der Waals surface area contributed by atoms with Crippen LogP contribution < -0.4 is 14.5 Å². The second-order valence-electron chi connectivity index (χ2n) is 21.7. The molecular weight excluding hydrogens is 952 g/mol. The van der Waals surface area contributed by atoms with Crippen molar-refractivity contribution >= 4 is 33.2 Å².